The van der Waals surface area contributed by atoms with Gasteiger partial charge < -0.3 is 18.7 Å². The summed E-state index contributed by atoms with van der Waals surface area (Å²) in [5, 5.41) is 4.03. The molecular formula is C22H25N3O5. The fourth-order valence-corrected chi connectivity index (χ4v) is 2.98. The summed E-state index contributed by atoms with van der Waals surface area (Å²) in [4.78, 5) is 18.1. The first-order chi connectivity index (χ1) is 14.5. The number of nitrogens with zero attached hydrogens (tertiary/aromatic N) is 3. The Morgan fingerprint density at radius 1 is 1.03 bits per heavy atom. The van der Waals surface area contributed by atoms with E-state index in [-0.39, 0.29) is 5.97 Å². The first kappa shape index (κ1) is 21.3. The molecule has 0 N–H and O–H groups in total. The Kier molecular flexibility index (Phi) is 7.03. The molecule has 0 bridgehead atoms. The quantitative estimate of drug-likeness (QED) is 0.496. The number of esters is 1. The van der Waals surface area contributed by atoms with Gasteiger partial charge in [0.2, 0.25) is 11.7 Å². The molecule has 0 fully saturated rings. The Morgan fingerprint density at radius 3 is 2.43 bits per heavy atom. The van der Waals surface area contributed by atoms with Crippen LogP contribution in [0, 0.1) is 0 Å². The zero-order chi connectivity index (χ0) is 21.5. The van der Waals surface area contributed by atoms with Crippen molar-refractivity contribution in [3.63, 3.8) is 0 Å². The van der Waals surface area contributed by atoms with E-state index in [0.717, 1.165) is 29.8 Å². The predicted molar refractivity (Wildman–Crippen MR) is 111 cm³/mol. The third kappa shape index (κ3) is 5.15. The fourth-order valence-electron chi connectivity index (χ4n) is 2.98. The molecule has 0 radical (unpaired) electrons. The third-order valence-electron chi connectivity index (χ3n) is 4.67. The Morgan fingerprint density at radius 2 is 1.77 bits per heavy atom. The van der Waals surface area contributed by atoms with Crippen molar-refractivity contribution < 1.29 is 23.5 Å². The average molecular weight is 411 g/mol. The number of likely N-dealkylation sites (N-methyl/N-ethyl adjacent to an activating group) is 1. The van der Waals surface area contributed by atoms with Crippen molar-refractivity contribution in [3.8, 4) is 22.9 Å². The van der Waals surface area contributed by atoms with E-state index in [2.05, 4.69) is 15.0 Å². The molecule has 2 aromatic carbocycles. The van der Waals surface area contributed by atoms with Crippen LogP contribution < -0.4 is 9.47 Å². The second-order valence-electron chi connectivity index (χ2n) is 6.76. The molecule has 8 heteroatoms. The Balaban J connectivity index is 1.57. The fraction of sp³-hybridized carbons (Fsp3) is 0.318. The summed E-state index contributed by atoms with van der Waals surface area (Å²) in [5.41, 5.74) is 2.39. The van der Waals surface area contributed by atoms with Gasteiger partial charge in [-0.25, -0.2) is 4.79 Å². The van der Waals surface area contributed by atoms with Crippen molar-refractivity contribution in [1.82, 2.24) is 15.0 Å². The van der Waals surface area contributed by atoms with Gasteiger partial charge in [-0.3, -0.25) is 4.90 Å². The van der Waals surface area contributed by atoms with Gasteiger partial charge in [-0.05, 0) is 43.3 Å². The number of hydrogen-bond acceptors (Lipinski definition) is 8. The van der Waals surface area contributed by atoms with E-state index in [9.17, 15) is 4.79 Å². The summed E-state index contributed by atoms with van der Waals surface area (Å²) in [5.74, 6) is 2.06. The van der Waals surface area contributed by atoms with E-state index in [0.29, 0.717) is 29.6 Å². The first-order valence-electron chi connectivity index (χ1n) is 9.44. The number of hydrogen-bond donors (Lipinski definition) is 0. The monoisotopic (exact) mass is 411 g/mol. The van der Waals surface area contributed by atoms with E-state index in [1.807, 2.05) is 25.2 Å². The summed E-state index contributed by atoms with van der Waals surface area (Å²) in [7, 11) is 6.60. The molecule has 30 heavy (non-hydrogen) atoms. The molecule has 158 valence electrons. The van der Waals surface area contributed by atoms with Crippen molar-refractivity contribution in [2.24, 2.45) is 0 Å². The minimum Gasteiger partial charge on any atom is -0.493 e. The molecule has 0 aliphatic heterocycles. The molecule has 0 saturated carbocycles. The van der Waals surface area contributed by atoms with Crippen LogP contribution in [0.3, 0.4) is 0 Å². The number of carbonyl (C=O) groups is 1. The standard InChI is InChI=1S/C22H25N3O5/c1-25(12-11-15-5-10-18(27-2)19(13-15)28-3)14-20-23-21(24-30-20)16-6-8-17(9-7-16)22(26)29-4/h5-10,13H,11-12,14H2,1-4H3. The van der Waals surface area contributed by atoms with Crippen molar-refractivity contribution in [2.45, 2.75) is 13.0 Å². The van der Waals surface area contributed by atoms with E-state index in [1.54, 1.807) is 38.5 Å². The number of aromatic nitrogens is 2. The number of ether oxygens (including phenoxy) is 3. The van der Waals surface area contributed by atoms with Crippen LogP contribution >= 0.6 is 0 Å². The molecule has 0 unspecified atom stereocenters. The minimum atomic E-state index is -0.383. The second-order valence-corrected chi connectivity index (χ2v) is 6.76. The van der Waals surface area contributed by atoms with Gasteiger partial charge in [0.05, 0.1) is 33.4 Å². The van der Waals surface area contributed by atoms with Gasteiger partial charge in [0.15, 0.2) is 11.5 Å². The van der Waals surface area contributed by atoms with Crippen LogP contribution in [0.25, 0.3) is 11.4 Å². The van der Waals surface area contributed by atoms with E-state index >= 15 is 0 Å². The molecule has 0 aliphatic carbocycles. The van der Waals surface area contributed by atoms with Gasteiger partial charge in [-0.15, -0.1) is 0 Å². The van der Waals surface area contributed by atoms with Gasteiger partial charge in [-0.1, -0.05) is 23.4 Å². The maximum Gasteiger partial charge on any atom is 0.337 e. The topological polar surface area (TPSA) is 86.9 Å². The van der Waals surface area contributed by atoms with Crippen molar-refractivity contribution >= 4 is 5.97 Å². The molecule has 1 heterocycles. The molecule has 1 aromatic heterocycles. The normalized spacial score (nSPS) is 10.8. The molecule has 0 aliphatic rings. The van der Waals surface area contributed by atoms with Crippen LogP contribution in [0.4, 0.5) is 0 Å². The van der Waals surface area contributed by atoms with Crippen LogP contribution in [0.15, 0.2) is 47.0 Å². The second kappa shape index (κ2) is 9.89. The molecule has 0 spiro atoms. The van der Waals surface area contributed by atoms with Crippen molar-refractivity contribution in [2.75, 3.05) is 34.9 Å². The number of methoxy groups -OCH3 is 3. The highest BCUT2D eigenvalue weighted by Gasteiger charge is 2.13. The molecule has 8 nitrogen and oxygen atoms in total. The van der Waals surface area contributed by atoms with Crippen LogP contribution in [0.2, 0.25) is 0 Å². The summed E-state index contributed by atoms with van der Waals surface area (Å²) < 4.78 is 20.7. The van der Waals surface area contributed by atoms with E-state index in [1.165, 1.54) is 7.11 Å². The summed E-state index contributed by atoms with van der Waals surface area (Å²) in [6.45, 7) is 1.33. The Hall–Kier alpha value is -3.39. The largest absolute Gasteiger partial charge is 0.493 e. The van der Waals surface area contributed by atoms with Crippen molar-refractivity contribution in [1.29, 1.82) is 0 Å². The highest BCUT2D eigenvalue weighted by Crippen LogP contribution is 2.27. The molecule has 3 aromatic rings. The van der Waals surface area contributed by atoms with Crippen LogP contribution in [-0.2, 0) is 17.7 Å². The Labute approximate surface area is 175 Å². The summed E-state index contributed by atoms with van der Waals surface area (Å²) in [6, 6.07) is 12.8. The van der Waals surface area contributed by atoms with E-state index in [4.69, 9.17) is 18.7 Å². The summed E-state index contributed by atoms with van der Waals surface area (Å²) >= 11 is 0. The van der Waals surface area contributed by atoms with E-state index < -0.39 is 0 Å². The number of carbonyl (C=O) groups excluding carboxylic acids is 1. The zero-order valence-corrected chi connectivity index (χ0v) is 17.5. The van der Waals surface area contributed by atoms with Crippen LogP contribution in [-0.4, -0.2) is 55.9 Å². The lowest BCUT2D eigenvalue weighted by molar-refractivity contribution is 0.0600. The lowest BCUT2D eigenvalue weighted by Gasteiger charge is -2.15. The summed E-state index contributed by atoms with van der Waals surface area (Å²) in [6.07, 6.45) is 0.840. The highest BCUT2D eigenvalue weighted by molar-refractivity contribution is 5.89. The first-order valence-corrected chi connectivity index (χ1v) is 9.44. The van der Waals surface area contributed by atoms with Gasteiger partial charge >= 0.3 is 5.97 Å². The van der Waals surface area contributed by atoms with Gasteiger partial charge in [0, 0.05) is 12.1 Å². The van der Waals surface area contributed by atoms with Gasteiger partial charge in [0.1, 0.15) is 0 Å². The average Bonchev–Trinajstić information content (AvgIpc) is 3.25. The number of benzene rings is 2. The van der Waals surface area contributed by atoms with Gasteiger partial charge in [0.25, 0.3) is 0 Å². The van der Waals surface area contributed by atoms with Crippen LogP contribution in [0.1, 0.15) is 21.8 Å². The van der Waals surface area contributed by atoms with Crippen LogP contribution in [0.5, 0.6) is 11.5 Å². The third-order valence-corrected chi connectivity index (χ3v) is 4.67. The molecule has 0 amide bonds. The lowest BCUT2D eigenvalue weighted by Crippen LogP contribution is -2.21. The predicted octanol–water partition coefficient (Wildman–Crippen LogP) is 3.21. The van der Waals surface area contributed by atoms with Crippen molar-refractivity contribution in [3.05, 3.63) is 59.5 Å². The molecule has 0 saturated heterocycles. The lowest BCUT2D eigenvalue weighted by atomic mass is 10.1. The molecule has 0 atom stereocenters. The zero-order valence-electron chi connectivity index (χ0n) is 17.5. The minimum absolute atomic E-state index is 0.383. The van der Waals surface area contributed by atoms with Gasteiger partial charge in [-0.2, -0.15) is 4.98 Å². The highest BCUT2D eigenvalue weighted by atomic mass is 16.5. The molecule has 3 rings (SSSR count). The molecular weight excluding hydrogens is 386 g/mol. The smallest absolute Gasteiger partial charge is 0.337 e. The number of rotatable bonds is 9. The maximum atomic E-state index is 11.5. The maximum absolute atomic E-state index is 11.5. The SMILES string of the molecule is COC(=O)c1ccc(-c2noc(CN(C)CCc3ccc(OC)c(OC)c3)n2)cc1. The Bertz CT molecular complexity index is 985.